The van der Waals surface area contributed by atoms with E-state index in [0.29, 0.717) is 25.9 Å². The van der Waals surface area contributed by atoms with Crippen molar-refractivity contribution in [1.82, 2.24) is 10.2 Å². The predicted octanol–water partition coefficient (Wildman–Crippen LogP) is 5.96. The number of carbonyl (C=O) groups excluding carboxylic acids is 2. The molecular formula is C29H39ClN2O4. The first kappa shape index (κ1) is 25.6. The smallest absolute Gasteiger partial charge is 0.322 e. The van der Waals surface area contributed by atoms with Crippen LogP contribution in [0.4, 0.5) is 4.79 Å². The summed E-state index contributed by atoms with van der Waals surface area (Å²) in [4.78, 5) is 27.7. The van der Waals surface area contributed by atoms with Gasteiger partial charge in [0.15, 0.2) is 0 Å². The van der Waals surface area contributed by atoms with Gasteiger partial charge < -0.3 is 14.8 Å². The van der Waals surface area contributed by atoms with Crippen molar-refractivity contribution >= 4 is 23.6 Å². The lowest BCUT2D eigenvalue weighted by atomic mass is 9.38. The Morgan fingerprint density at radius 2 is 1.92 bits per heavy atom. The largest absolute Gasteiger partial charge is 0.469 e. The minimum absolute atomic E-state index is 0.0515. The molecule has 2 unspecified atom stereocenters. The standard InChI is InChI=1S/C29H39ClN2O4/c1-18-21-13-32(28-14-27(15-28,16-28)23(33)35-7)24(34)31-29(21,17-36-26(18,5)6)20-9-8-19(22(30)12-20)10-11-25(2,3)4/h8-9,12-13,18H,10-11,14-17H2,1-7H3,(H,31,34). The minimum atomic E-state index is -0.779. The van der Waals surface area contributed by atoms with Crippen molar-refractivity contribution in [2.24, 2.45) is 16.7 Å². The molecule has 2 aliphatic heterocycles. The Labute approximate surface area is 219 Å². The average Bonchev–Trinajstić information content (AvgIpc) is 2.74. The van der Waals surface area contributed by atoms with Crippen molar-refractivity contribution in [2.45, 2.75) is 90.3 Å². The molecule has 1 saturated heterocycles. The summed E-state index contributed by atoms with van der Waals surface area (Å²) in [6.45, 7) is 13.4. The average molecular weight is 515 g/mol. The fraction of sp³-hybridized carbons (Fsp3) is 0.655. The van der Waals surface area contributed by atoms with E-state index in [9.17, 15) is 9.59 Å². The van der Waals surface area contributed by atoms with Crippen molar-refractivity contribution in [1.29, 1.82) is 0 Å². The molecule has 3 saturated carbocycles. The number of hydrogen-bond acceptors (Lipinski definition) is 4. The number of esters is 1. The van der Waals surface area contributed by atoms with Gasteiger partial charge in [-0.1, -0.05) is 51.4 Å². The van der Waals surface area contributed by atoms with Gasteiger partial charge in [0.1, 0.15) is 5.54 Å². The lowest BCUT2D eigenvalue weighted by Crippen LogP contribution is -2.79. The Kier molecular flexibility index (Phi) is 5.67. The molecule has 5 aliphatic rings. The fourth-order valence-corrected chi connectivity index (χ4v) is 6.92. The van der Waals surface area contributed by atoms with Crippen molar-refractivity contribution in [2.75, 3.05) is 13.7 Å². The van der Waals surface area contributed by atoms with Gasteiger partial charge in [0.25, 0.3) is 0 Å². The minimum Gasteiger partial charge on any atom is -0.469 e. The number of urea groups is 1. The van der Waals surface area contributed by atoms with Crippen LogP contribution < -0.4 is 5.32 Å². The first-order valence-electron chi connectivity index (χ1n) is 13.0. The maximum atomic E-state index is 13.6. The number of nitrogens with one attached hydrogen (secondary N) is 1. The summed E-state index contributed by atoms with van der Waals surface area (Å²) >= 11 is 6.80. The lowest BCUT2D eigenvalue weighted by molar-refractivity contribution is -0.219. The molecule has 1 aromatic rings. The second kappa shape index (κ2) is 7.97. The van der Waals surface area contributed by atoms with Gasteiger partial charge in [-0.15, -0.1) is 0 Å². The molecule has 2 heterocycles. The lowest BCUT2D eigenvalue weighted by Gasteiger charge is -2.72. The number of methoxy groups -OCH3 is 1. The number of nitrogens with zero attached hydrogens (tertiary/aromatic N) is 1. The highest BCUT2D eigenvalue weighted by Gasteiger charge is 2.76. The SMILES string of the molecule is COC(=O)C12CC(N3C=C4C(C)C(C)(C)OCC4(c4ccc(CCC(C)(C)C)c(Cl)c4)NC3=O)(C1)C2. The van der Waals surface area contributed by atoms with Gasteiger partial charge in [-0.05, 0) is 74.1 Å². The van der Waals surface area contributed by atoms with E-state index in [4.69, 9.17) is 21.1 Å². The third-order valence-electron chi connectivity index (χ3n) is 9.29. The maximum Gasteiger partial charge on any atom is 0.322 e. The van der Waals surface area contributed by atoms with Crippen LogP contribution in [0, 0.1) is 16.7 Å². The molecule has 7 heteroatoms. The van der Waals surface area contributed by atoms with Crippen LogP contribution in [0.15, 0.2) is 30.0 Å². The summed E-state index contributed by atoms with van der Waals surface area (Å²) in [5.74, 6) is -0.110. The van der Waals surface area contributed by atoms with Gasteiger partial charge in [-0.2, -0.15) is 0 Å². The Morgan fingerprint density at radius 1 is 1.25 bits per heavy atom. The van der Waals surface area contributed by atoms with Gasteiger partial charge in [0.05, 0.1) is 30.3 Å². The number of aryl methyl sites for hydroxylation is 1. The van der Waals surface area contributed by atoms with E-state index in [1.54, 1.807) is 0 Å². The van der Waals surface area contributed by atoms with E-state index in [1.165, 1.54) is 7.11 Å². The molecule has 6 rings (SSSR count). The Morgan fingerprint density at radius 3 is 2.50 bits per heavy atom. The molecule has 2 amide bonds. The van der Waals surface area contributed by atoms with Crippen LogP contribution in [0.2, 0.25) is 5.02 Å². The summed E-state index contributed by atoms with van der Waals surface area (Å²) in [7, 11) is 1.44. The van der Waals surface area contributed by atoms with E-state index in [2.05, 4.69) is 65.2 Å². The van der Waals surface area contributed by atoms with E-state index in [-0.39, 0.29) is 34.5 Å². The normalized spacial score (nSPS) is 34.6. The number of carbonyl (C=O) groups is 2. The van der Waals surface area contributed by atoms with Gasteiger partial charge in [-0.3, -0.25) is 9.69 Å². The number of rotatable bonds is 5. The van der Waals surface area contributed by atoms with Crippen LogP contribution in [-0.2, 0) is 26.2 Å². The Hall–Kier alpha value is -2.05. The van der Waals surface area contributed by atoms with Crippen molar-refractivity contribution in [3.63, 3.8) is 0 Å². The second-order valence-electron chi connectivity index (χ2n) is 13.3. The van der Waals surface area contributed by atoms with E-state index < -0.39 is 11.0 Å². The molecule has 0 radical (unpaired) electrons. The van der Waals surface area contributed by atoms with Gasteiger partial charge >= 0.3 is 12.0 Å². The van der Waals surface area contributed by atoms with Gasteiger partial charge in [-0.25, -0.2) is 4.79 Å². The van der Waals surface area contributed by atoms with E-state index >= 15 is 0 Å². The molecular weight excluding hydrogens is 476 g/mol. The summed E-state index contributed by atoms with van der Waals surface area (Å²) in [5.41, 5.74) is 1.51. The second-order valence-corrected chi connectivity index (χ2v) is 13.7. The Balaban J connectivity index is 1.50. The first-order valence-corrected chi connectivity index (χ1v) is 13.4. The zero-order valence-electron chi connectivity index (χ0n) is 22.6. The van der Waals surface area contributed by atoms with Crippen LogP contribution in [0.3, 0.4) is 0 Å². The van der Waals surface area contributed by atoms with E-state index in [1.807, 2.05) is 11.0 Å². The highest BCUT2D eigenvalue weighted by molar-refractivity contribution is 6.31. The highest BCUT2D eigenvalue weighted by atomic mass is 35.5. The number of amides is 2. The zero-order chi connectivity index (χ0) is 26.3. The predicted molar refractivity (Wildman–Crippen MR) is 140 cm³/mol. The first-order chi connectivity index (χ1) is 16.7. The number of benzene rings is 1. The summed E-state index contributed by atoms with van der Waals surface area (Å²) in [5, 5.41) is 4.06. The number of hydrogen-bond donors (Lipinski definition) is 1. The Bertz CT molecular complexity index is 1130. The molecule has 36 heavy (non-hydrogen) atoms. The molecule has 196 valence electrons. The number of fused-ring (bicyclic) bond motifs is 1. The van der Waals surface area contributed by atoms with Crippen LogP contribution in [-0.4, -0.2) is 41.8 Å². The molecule has 3 aliphatic carbocycles. The van der Waals surface area contributed by atoms with Gasteiger partial charge in [0.2, 0.25) is 0 Å². The van der Waals surface area contributed by atoms with Crippen LogP contribution >= 0.6 is 11.6 Å². The quantitative estimate of drug-likeness (QED) is 0.492. The van der Waals surface area contributed by atoms with Gasteiger partial charge in [0, 0.05) is 17.1 Å². The molecule has 6 nitrogen and oxygen atoms in total. The molecule has 0 spiro atoms. The molecule has 0 aromatic heterocycles. The number of halogens is 1. The van der Waals surface area contributed by atoms with Crippen LogP contribution in [0.25, 0.3) is 0 Å². The molecule has 1 N–H and O–H groups in total. The van der Waals surface area contributed by atoms with E-state index in [0.717, 1.165) is 34.6 Å². The zero-order valence-corrected chi connectivity index (χ0v) is 23.3. The third-order valence-corrected chi connectivity index (χ3v) is 9.64. The summed E-state index contributed by atoms with van der Waals surface area (Å²) in [6.07, 6.45) is 5.95. The van der Waals surface area contributed by atoms with Crippen LogP contribution in [0.5, 0.6) is 0 Å². The highest BCUT2D eigenvalue weighted by Crippen LogP contribution is 2.71. The molecule has 2 bridgehead atoms. The fourth-order valence-electron chi connectivity index (χ4n) is 6.64. The molecule has 1 aromatic carbocycles. The summed E-state index contributed by atoms with van der Waals surface area (Å²) < 4.78 is 11.4. The topological polar surface area (TPSA) is 67.9 Å². The van der Waals surface area contributed by atoms with Crippen molar-refractivity contribution in [3.05, 3.63) is 46.1 Å². The number of ether oxygens (including phenoxy) is 2. The molecule has 4 fully saturated rings. The molecule has 2 atom stereocenters. The van der Waals surface area contributed by atoms with Crippen molar-refractivity contribution < 1.29 is 19.1 Å². The third kappa shape index (κ3) is 3.70. The van der Waals surface area contributed by atoms with Crippen LogP contribution in [0.1, 0.15) is 78.4 Å². The van der Waals surface area contributed by atoms with Crippen molar-refractivity contribution in [3.8, 4) is 0 Å². The monoisotopic (exact) mass is 514 g/mol. The maximum absolute atomic E-state index is 13.6. The summed E-state index contributed by atoms with van der Waals surface area (Å²) in [6, 6.07) is 6.04.